The molecule has 0 aromatic heterocycles. The molecule has 0 fully saturated rings. The van der Waals surface area contributed by atoms with Crippen molar-refractivity contribution in [1.29, 1.82) is 0 Å². The molecular formula is C16H15BrN2O2. The minimum absolute atomic E-state index is 0.151. The van der Waals surface area contributed by atoms with Gasteiger partial charge in [0, 0.05) is 24.1 Å². The molecule has 0 heterocycles. The van der Waals surface area contributed by atoms with Crippen molar-refractivity contribution in [3.8, 4) is 0 Å². The topological polar surface area (TPSA) is 49.4 Å². The maximum Gasteiger partial charge on any atom is 0.255 e. The van der Waals surface area contributed by atoms with Gasteiger partial charge in [0.15, 0.2) is 0 Å². The number of nitrogens with one attached hydrogen (secondary N) is 1. The highest BCUT2D eigenvalue weighted by Gasteiger charge is 2.15. The Balaban J connectivity index is 2.25. The Morgan fingerprint density at radius 2 is 1.62 bits per heavy atom. The van der Waals surface area contributed by atoms with Gasteiger partial charge in [-0.1, -0.05) is 28.1 Å². The zero-order valence-corrected chi connectivity index (χ0v) is 13.3. The number of anilines is 1. The molecule has 108 valence electrons. The molecule has 0 radical (unpaired) electrons. The molecule has 0 aliphatic heterocycles. The average molecular weight is 347 g/mol. The van der Waals surface area contributed by atoms with E-state index in [1.165, 1.54) is 4.90 Å². The van der Waals surface area contributed by atoms with Crippen LogP contribution in [0.4, 0.5) is 5.69 Å². The maximum absolute atomic E-state index is 12.2. The lowest BCUT2D eigenvalue weighted by molar-refractivity contribution is 0.0828. The lowest BCUT2D eigenvalue weighted by atomic mass is 10.1. The van der Waals surface area contributed by atoms with Crippen LogP contribution in [0, 0.1) is 0 Å². The molecule has 2 rings (SSSR count). The molecule has 0 aliphatic carbocycles. The van der Waals surface area contributed by atoms with Crippen LogP contribution in [-0.2, 0) is 0 Å². The van der Waals surface area contributed by atoms with Gasteiger partial charge < -0.3 is 10.2 Å². The summed E-state index contributed by atoms with van der Waals surface area (Å²) in [4.78, 5) is 25.8. The Bertz CT molecular complexity index is 666. The van der Waals surface area contributed by atoms with Gasteiger partial charge in [-0.2, -0.15) is 0 Å². The van der Waals surface area contributed by atoms with Crippen LogP contribution in [0.1, 0.15) is 20.7 Å². The van der Waals surface area contributed by atoms with Crippen LogP contribution in [-0.4, -0.2) is 30.8 Å². The van der Waals surface area contributed by atoms with Crippen LogP contribution in [0.3, 0.4) is 0 Å². The lowest BCUT2D eigenvalue weighted by Gasteiger charge is -2.14. The first kappa shape index (κ1) is 15.3. The fourth-order valence-electron chi connectivity index (χ4n) is 1.82. The Labute approximate surface area is 131 Å². The zero-order chi connectivity index (χ0) is 15.4. The van der Waals surface area contributed by atoms with Crippen molar-refractivity contribution in [3.05, 3.63) is 64.1 Å². The molecule has 21 heavy (non-hydrogen) atoms. The second kappa shape index (κ2) is 6.54. The molecule has 2 amide bonds. The molecule has 0 spiro atoms. The van der Waals surface area contributed by atoms with Crippen LogP contribution in [0.25, 0.3) is 0 Å². The minimum Gasteiger partial charge on any atom is -0.345 e. The van der Waals surface area contributed by atoms with Gasteiger partial charge in [-0.05, 0) is 36.4 Å². The third-order valence-electron chi connectivity index (χ3n) is 2.92. The van der Waals surface area contributed by atoms with Crippen molar-refractivity contribution in [3.63, 3.8) is 0 Å². The van der Waals surface area contributed by atoms with E-state index in [9.17, 15) is 9.59 Å². The van der Waals surface area contributed by atoms with Gasteiger partial charge in [-0.15, -0.1) is 0 Å². The van der Waals surface area contributed by atoms with Crippen molar-refractivity contribution in [2.45, 2.75) is 0 Å². The third-order valence-corrected chi connectivity index (χ3v) is 3.45. The molecule has 2 aromatic rings. The molecule has 5 heteroatoms. The summed E-state index contributed by atoms with van der Waals surface area (Å²) in [5.74, 6) is -0.400. The Morgan fingerprint density at radius 1 is 1.00 bits per heavy atom. The predicted octanol–water partition coefficient (Wildman–Crippen LogP) is 3.40. The highest BCUT2D eigenvalue weighted by molar-refractivity contribution is 9.10. The summed E-state index contributed by atoms with van der Waals surface area (Å²) in [5.41, 5.74) is 1.50. The maximum atomic E-state index is 12.2. The van der Waals surface area contributed by atoms with Crippen LogP contribution < -0.4 is 5.32 Å². The Hall–Kier alpha value is -2.14. The lowest BCUT2D eigenvalue weighted by Crippen LogP contribution is -2.24. The number of para-hydroxylation sites is 1. The van der Waals surface area contributed by atoms with E-state index < -0.39 is 0 Å². The number of rotatable bonds is 3. The van der Waals surface area contributed by atoms with Gasteiger partial charge in [0.25, 0.3) is 11.8 Å². The molecule has 2 aromatic carbocycles. The average Bonchev–Trinajstić information content (AvgIpc) is 2.47. The van der Waals surface area contributed by atoms with Gasteiger partial charge in [0.05, 0.1) is 11.3 Å². The van der Waals surface area contributed by atoms with E-state index in [1.807, 2.05) is 0 Å². The SMILES string of the molecule is CN(C)C(=O)c1ccccc1NC(=O)c1ccc(Br)cc1. The predicted molar refractivity (Wildman–Crippen MR) is 86.6 cm³/mol. The van der Waals surface area contributed by atoms with Gasteiger partial charge in [-0.3, -0.25) is 9.59 Å². The molecule has 0 saturated heterocycles. The van der Waals surface area contributed by atoms with Gasteiger partial charge in [0.1, 0.15) is 0 Å². The van der Waals surface area contributed by atoms with E-state index in [4.69, 9.17) is 0 Å². The van der Waals surface area contributed by atoms with Crippen molar-refractivity contribution >= 4 is 33.4 Å². The number of halogens is 1. The normalized spacial score (nSPS) is 10.0. The summed E-state index contributed by atoms with van der Waals surface area (Å²) in [6, 6.07) is 14.0. The Morgan fingerprint density at radius 3 is 2.24 bits per heavy atom. The number of hydrogen-bond donors (Lipinski definition) is 1. The number of carbonyl (C=O) groups excluding carboxylic acids is 2. The first-order chi connectivity index (χ1) is 9.99. The fourth-order valence-corrected chi connectivity index (χ4v) is 2.08. The molecule has 0 unspecified atom stereocenters. The Kier molecular flexibility index (Phi) is 4.75. The van der Waals surface area contributed by atoms with Crippen molar-refractivity contribution in [1.82, 2.24) is 4.90 Å². The second-order valence-corrected chi connectivity index (χ2v) is 5.62. The number of hydrogen-bond acceptors (Lipinski definition) is 2. The standard InChI is InChI=1S/C16H15BrN2O2/c1-19(2)16(21)13-5-3-4-6-14(13)18-15(20)11-7-9-12(17)10-8-11/h3-10H,1-2H3,(H,18,20). The summed E-state index contributed by atoms with van der Waals surface area (Å²) in [6.45, 7) is 0. The van der Waals surface area contributed by atoms with Gasteiger partial charge >= 0.3 is 0 Å². The third kappa shape index (κ3) is 3.70. The van der Waals surface area contributed by atoms with E-state index in [1.54, 1.807) is 62.6 Å². The molecular weight excluding hydrogens is 332 g/mol. The number of amides is 2. The minimum atomic E-state index is -0.249. The van der Waals surface area contributed by atoms with E-state index in [2.05, 4.69) is 21.2 Å². The summed E-state index contributed by atoms with van der Waals surface area (Å²) in [6.07, 6.45) is 0. The van der Waals surface area contributed by atoms with Gasteiger partial charge in [-0.25, -0.2) is 0 Å². The number of carbonyl (C=O) groups is 2. The van der Waals surface area contributed by atoms with Gasteiger partial charge in [0.2, 0.25) is 0 Å². The van der Waals surface area contributed by atoms with Crippen molar-refractivity contribution < 1.29 is 9.59 Å². The fraction of sp³-hybridized carbons (Fsp3) is 0.125. The summed E-state index contributed by atoms with van der Waals surface area (Å²) in [7, 11) is 3.35. The summed E-state index contributed by atoms with van der Waals surface area (Å²) < 4.78 is 0.905. The van der Waals surface area contributed by atoms with Crippen LogP contribution in [0.5, 0.6) is 0 Å². The quantitative estimate of drug-likeness (QED) is 0.925. The highest BCUT2D eigenvalue weighted by atomic mass is 79.9. The van der Waals surface area contributed by atoms with Crippen LogP contribution in [0.2, 0.25) is 0 Å². The second-order valence-electron chi connectivity index (χ2n) is 4.71. The molecule has 0 aliphatic rings. The molecule has 0 saturated carbocycles. The van der Waals surface area contributed by atoms with Crippen molar-refractivity contribution in [2.24, 2.45) is 0 Å². The van der Waals surface area contributed by atoms with E-state index in [-0.39, 0.29) is 11.8 Å². The number of nitrogens with zero attached hydrogens (tertiary/aromatic N) is 1. The summed E-state index contributed by atoms with van der Waals surface area (Å²) >= 11 is 3.33. The monoisotopic (exact) mass is 346 g/mol. The largest absolute Gasteiger partial charge is 0.345 e. The van der Waals surface area contributed by atoms with Crippen LogP contribution >= 0.6 is 15.9 Å². The first-order valence-corrected chi connectivity index (χ1v) is 7.16. The molecule has 0 bridgehead atoms. The van der Waals surface area contributed by atoms with Crippen molar-refractivity contribution in [2.75, 3.05) is 19.4 Å². The summed E-state index contributed by atoms with van der Waals surface area (Å²) in [5, 5.41) is 2.78. The highest BCUT2D eigenvalue weighted by Crippen LogP contribution is 2.18. The smallest absolute Gasteiger partial charge is 0.255 e. The molecule has 4 nitrogen and oxygen atoms in total. The zero-order valence-electron chi connectivity index (χ0n) is 11.8. The van der Waals surface area contributed by atoms with E-state index >= 15 is 0 Å². The number of benzene rings is 2. The van der Waals surface area contributed by atoms with E-state index in [0.29, 0.717) is 16.8 Å². The van der Waals surface area contributed by atoms with E-state index in [0.717, 1.165) is 4.47 Å². The molecule has 1 N–H and O–H groups in total. The van der Waals surface area contributed by atoms with Crippen LogP contribution in [0.15, 0.2) is 53.0 Å². The molecule has 0 atom stereocenters. The first-order valence-electron chi connectivity index (χ1n) is 6.36.